The predicted octanol–water partition coefficient (Wildman–Crippen LogP) is 4.74. The standard InChI is InChI=1S/C25H34N2O2/c1-3-4-16-27(20-21-8-6-5-7-9-21)25(28)23-14-17-26(18-15-23)19-22-10-12-24(29-2)13-11-22/h5-13,23H,3-4,14-20H2,1-2H3. The van der Waals surface area contributed by atoms with Gasteiger partial charge < -0.3 is 9.64 Å². The van der Waals surface area contributed by atoms with Crippen LogP contribution in [0.2, 0.25) is 0 Å². The largest absolute Gasteiger partial charge is 0.497 e. The molecule has 0 N–H and O–H groups in total. The van der Waals surface area contributed by atoms with E-state index in [0.29, 0.717) is 5.91 Å². The number of amides is 1. The molecule has 0 spiro atoms. The molecule has 1 amide bonds. The SMILES string of the molecule is CCCCN(Cc1ccccc1)C(=O)C1CCN(Cc2ccc(OC)cc2)CC1. The molecule has 0 radical (unpaired) electrons. The summed E-state index contributed by atoms with van der Waals surface area (Å²) in [7, 11) is 1.69. The van der Waals surface area contributed by atoms with Crippen LogP contribution in [-0.4, -0.2) is 42.5 Å². The van der Waals surface area contributed by atoms with Gasteiger partial charge in [-0.25, -0.2) is 0 Å². The average molecular weight is 395 g/mol. The van der Waals surface area contributed by atoms with E-state index in [-0.39, 0.29) is 5.92 Å². The number of carbonyl (C=O) groups excluding carboxylic acids is 1. The van der Waals surface area contributed by atoms with Gasteiger partial charge in [0.05, 0.1) is 7.11 Å². The van der Waals surface area contributed by atoms with Crippen molar-refractivity contribution in [1.29, 1.82) is 0 Å². The van der Waals surface area contributed by atoms with Crippen molar-refractivity contribution in [3.05, 3.63) is 65.7 Å². The summed E-state index contributed by atoms with van der Waals surface area (Å²) in [5.41, 5.74) is 2.51. The number of piperidine rings is 1. The van der Waals surface area contributed by atoms with Crippen LogP contribution in [0.15, 0.2) is 54.6 Å². The highest BCUT2D eigenvalue weighted by Crippen LogP contribution is 2.23. The summed E-state index contributed by atoms with van der Waals surface area (Å²) in [4.78, 5) is 17.8. The normalized spacial score (nSPS) is 15.2. The van der Waals surface area contributed by atoms with E-state index >= 15 is 0 Å². The smallest absolute Gasteiger partial charge is 0.226 e. The molecule has 156 valence electrons. The third kappa shape index (κ3) is 6.33. The van der Waals surface area contributed by atoms with Gasteiger partial charge in [0.1, 0.15) is 5.75 Å². The molecule has 2 aromatic rings. The molecule has 1 heterocycles. The fourth-order valence-electron chi connectivity index (χ4n) is 4.01. The molecule has 1 aliphatic rings. The zero-order valence-electron chi connectivity index (χ0n) is 17.8. The minimum atomic E-state index is 0.155. The molecular formula is C25H34N2O2. The van der Waals surface area contributed by atoms with Crippen molar-refractivity contribution < 1.29 is 9.53 Å². The maximum absolute atomic E-state index is 13.2. The van der Waals surface area contributed by atoms with Gasteiger partial charge in [-0.3, -0.25) is 9.69 Å². The first kappa shape index (κ1) is 21.4. The van der Waals surface area contributed by atoms with Crippen molar-refractivity contribution in [2.75, 3.05) is 26.7 Å². The van der Waals surface area contributed by atoms with Crippen molar-refractivity contribution >= 4 is 5.91 Å². The van der Waals surface area contributed by atoms with Crippen LogP contribution in [0.1, 0.15) is 43.7 Å². The van der Waals surface area contributed by atoms with Crippen LogP contribution >= 0.6 is 0 Å². The lowest BCUT2D eigenvalue weighted by molar-refractivity contribution is -0.137. The number of nitrogens with zero attached hydrogens (tertiary/aromatic N) is 2. The quantitative estimate of drug-likeness (QED) is 0.616. The van der Waals surface area contributed by atoms with Crippen LogP contribution in [0, 0.1) is 5.92 Å². The van der Waals surface area contributed by atoms with Gasteiger partial charge in [-0.05, 0) is 55.6 Å². The number of hydrogen-bond acceptors (Lipinski definition) is 3. The Balaban J connectivity index is 1.53. The molecule has 0 atom stereocenters. The monoisotopic (exact) mass is 394 g/mol. The Labute approximate surface area is 175 Å². The van der Waals surface area contributed by atoms with E-state index in [0.717, 1.165) is 64.2 Å². The van der Waals surface area contributed by atoms with Gasteiger partial charge in [-0.1, -0.05) is 55.8 Å². The van der Waals surface area contributed by atoms with E-state index in [9.17, 15) is 4.79 Å². The summed E-state index contributed by atoms with van der Waals surface area (Å²) in [5.74, 6) is 1.39. The molecule has 4 nitrogen and oxygen atoms in total. The Morgan fingerprint density at radius 3 is 2.34 bits per heavy atom. The second-order valence-electron chi connectivity index (χ2n) is 8.00. The number of ether oxygens (including phenoxy) is 1. The van der Waals surface area contributed by atoms with Gasteiger partial charge in [0.25, 0.3) is 0 Å². The topological polar surface area (TPSA) is 32.8 Å². The lowest BCUT2D eigenvalue weighted by Gasteiger charge is -2.34. The molecule has 4 heteroatoms. The summed E-state index contributed by atoms with van der Waals surface area (Å²) in [6.45, 7) is 6.67. The molecule has 0 unspecified atom stereocenters. The highest BCUT2D eigenvalue weighted by Gasteiger charge is 2.28. The first-order chi connectivity index (χ1) is 14.2. The second kappa shape index (κ2) is 11.0. The number of unbranched alkanes of at least 4 members (excludes halogenated alkanes) is 1. The van der Waals surface area contributed by atoms with Crippen molar-refractivity contribution in [3.8, 4) is 5.75 Å². The average Bonchev–Trinajstić information content (AvgIpc) is 2.78. The molecule has 3 rings (SSSR count). The molecule has 2 aromatic carbocycles. The van der Waals surface area contributed by atoms with Crippen LogP contribution in [0.25, 0.3) is 0 Å². The van der Waals surface area contributed by atoms with Crippen LogP contribution in [0.3, 0.4) is 0 Å². The van der Waals surface area contributed by atoms with E-state index in [2.05, 4.69) is 53.1 Å². The van der Waals surface area contributed by atoms with Crippen LogP contribution < -0.4 is 4.74 Å². The zero-order chi connectivity index (χ0) is 20.5. The van der Waals surface area contributed by atoms with Gasteiger partial charge in [0.2, 0.25) is 5.91 Å². The lowest BCUT2D eigenvalue weighted by atomic mass is 9.94. The molecule has 0 saturated carbocycles. The zero-order valence-corrected chi connectivity index (χ0v) is 17.8. The molecule has 0 bridgehead atoms. The fourth-order valence-corrected chi connectivity index (χ4v) is 4.01. The highest BCUT2D eigenvalue weighted by atomic mass is 16.5. The first-order valence-electron chi connectivity index (χ1n) is 10.9. The summed E-state index contributed by atoms with van der Waals surface area (Å²) in [5, 5.41) is 0. The van der Waals surface area contributed by atoms with Crippen LogP contribution in [0.5, 0.6) is 5.75 Å². The van der Waals surface area contributed by atoms with Crippen molar-refractivity contribution in [2.45, 2.75) is 45.7 Å². The van der Waals surface area contributed by atoms with Crippen molar-refractivity contribution in [3.63, 3.8) is 0 Å². The predicted molar refractivity (Wildman–Crippen MR) is 118 cm³/mol. The number of carbonyl (C=O) groups is 1. The minimum Gasteiger partial charge on any atom is -0.497 e. The number of likely N-dealkylation sites (tertiary alicyclic amines) is 1. The molecule has 1 fully saturated rings. The molecule has 0 aliphatic carbocycles. The van der Waals surface area contributed by atoms with Gasteiger partial charge in [0.15, 0.2) is 0 Å². The van der Waals surface area contributed by atoms with Crippen LogP contribution in [-0.2, 0) is 17.9 Å². The Morgan fingerprint density at radius 2 is 1.72 bits per heavy atom. The lowest BCUT2D eigenvalue weighted by Crippen LogP contribution is -2.42. The maximum Gasteiger partial charge on any atom is 0.226 e. The molecular weight excluding hydrogens is 360 g/mol. The summed E-state index contributed by atoms with van der Waals surface area (Å²) in [6.07, 6.45) is 4.08. The first-order valence-corrected chi connectivity index (χ1v) is 10.9. The van der Waals surface area contributed by atoms with Crippen molar-refractivity contribution in [1.82, 2.24) is 9.80 Å². The summed E-state index contributed by atoms with van der Waals surface area (Å²) >= 11 is 0. The van der Waals surface area contributed by atoms with Crippen LogP contribution in [0.4, 0.5) is 0 Å². The van der Waals surface area contributed by atoms with Gasteiger partial charge >= 0.3 is 0 Å². The molecule has 1 saturated heterocycles. The Morgan fingerprint density at radius 1 is 1.03 bits per heavy atom. The number of benzene rings is 2. The van der Waals surface area contributed by atoms with E-state index < -0.39 is 0 Å². The van der Waals surface area contributed by atoms with E-state index in [1.54, 1.807) is 7.11 Å². The summed E-state index contributed by atoms with van der Waals surface area (Å²) in [6, 6.07) is 18.6. The number of methoxy groups -OCH3 is 1. The number of hydrogen-bond donors (Lipinski definition) is 0. The molecule has 0 aromatic heterocycles. The number of rotatable bonds is 9. The third-order valence-electron chi connectivity index (χ3n) is 5.81. The van der Waals surface area contributed by atoms with Crippen molar-refractivity contribution in [2.24, 2.45) is 5.92 Å². The molecule has 29 heavy (non-hydrogen) atoms. The van der Waals surface area contributed by atoms with Gasteiger partial charge in [-0.2, -0.15) is 0 Å². The highest BCUT2D eigenvalue weighted by molar-refractivity contribution is 5.79. The second-order valence-corrected chi connectivity index (χ2v) is 8.00. The Bertz CT molecular complexity index is 737. The fraction of sp³-hybridized carbons (Fsp3) is 0.480. The van der Waals surface area contributed by atoms with E-state index in [4.69, 9.17) is 4.74 Å². The Hall–Kier alpha value is -2.33. The van der Waals surface area contributed by atoms with E-state index in [1.165, 1.54) is 11.1 Å². The minimum absolute atomic E-state index is 0.155. The maximum atomic E-state index is 13.2. The van der Waals surface area contributed by atoms with E-state index in [1.807, 2.05) is 18.2 Å². The molecule has 1 aliphatic heterocycles. The Kier molecular flexibility index (Phi) is 8.12. The third-order valence-corrected chi connectivity index (χ3v) is 5.81. The summed E-state index contributed by atoms with van der Waals surface area (Å²) < 4.78 is 5.24. The van der Waals surface area contributed by atoms with Gasteiger partial charge in [0, 0.05) is 25.6 Å². The van der Waals surface area contributed by atoms with Gasteiger partial charge in [-0.15, -0.1) is 0 Å².